The Labute approximate surface area is 161 Å². The minimum Gasteiger partial charge on any atom is -0.446 e. The Hall–Kier alpha value is -3.92. The van der Waals surface area contributed by atoms with Crippen LogP contribution < -0.4 is 5.32 Å². The summed E-state index contributed by atoms with van der Waals surface area (Å²) in [6.07, 6.45) is 1.64. The van der Waals surface area contributed by atoms with E-state index in [1.165, 1.54) is 0 Å². The average Bonchev–Trinajstić information content (AvgIpc) is 3.22. The van der Waals surface area contributed by atoms with Crippen molar-refractivity contribution >= 4 is 39.2 Å². The molecule has 0 fully saturated rings. The molecule has 0 radical (unpaired) electrons. The molecule has 0 spiro atoms. The third-order valence-electron chi connectivity index (χ3n) is 4.74. The maximum atomic E-state index is 12.8. The summed E-state index contributed by atoms with van der Waals surface area (Å²) in [5.74, 6) is -0.00251. The Morgan fingerprint density at radius 1 is 0.786 bits per heavy atom. The lowest BCUT2D eigenvalue weighted by Crippen LogP contribution is -2.02. The van der Waals surface area contributed by atoms with E-state index < -0.39 is 0 Å². The van der Waals surface area contributed by atoms with Crippen LogP contribution in [-0.2, 0) is 0 Å². The fourth-order valence-corrected chi connectivity index (χ4v) is 3.39. The molecule has 3 aromatic carbocycles. The lowest BCUT2D eigenvalue weighted by Gasteiger charge is -2.12. The van der Waals surface area contributed by atoms with Crippen molar-refractivity contribution < 1.29 is 9.21 Å². The van der Waals surface area contributed by atoms with E-state index in [9.17, 15) is 4.79 Å². The van der Waals surface area contributed by atoms with Gasteiger partial charge < -0.3 is 9.73 Å². The minimum atomic E-state index is -0.00251. The van der Waals surface area contributed by atoms with Gasteiger partial charge in [0.05, 0.1) is 22.9 Å². The molecular formula is C24H16N2O2. The number of fused-ring (bicyclic) bond motifs is 2. The molecule has 5 rings (SSSR count). The summed E-state index contributed by atoms with van der Waals surface area (Å²) < 4.78 is 5.52. The SMILES string of the molecule is O=C(c1ccccc1)c1cccc(Nc2c3ccccc3nc3occc23)c1. The van der Waals surface area contributed by atoms with Crippen molar-refractivity contribution in [1.82, 2.24) is 4.98 Å². The first kappa shape index (κ1) is 16.3. The smallest absolute Gasteiger partial charge is 0.228 e. The zero-order chi connectivity index (χ0) is 18.9. The maximum Gasteiger partial charge on any atom is 0.228 e. The number of carbonyl (C=O) groups is 1. The first-order chi connectivity index (χ1) is 13.8. The molecule has 0 atom stereocenters. The molecule has 4 nitrogen and oxygen atoms in total. The second-order valence-corrected chi connectivity index (χ2v) is 6.54. The van der Waals surface area contributed by atoms with Crippen LogP contribution in [0.1, 0.15) is 15.9 Å². The van der Waals surface area contributed by atoms with Gasteiger partial charge in [0.2, 0.25) is 5.71 Å². The van der Waals surface area contributed by atoms with Crippen molar-refractivity contribution in [2.75, 3.05) is 5.32 Å². The highest BCUT2D eigenvalue weighted by Gasteiger charge is 2.13. The van der Waals surface area contributed by atoms with E-state index in [2.05, 4.69) is 10.3 Å². The molecule has 0 saturated carbocycles. The van der Waals surface area contributed by atoms with Gasteiger partial charge in [0, 0.05) is 22.2 Å². The number of anilines is 2. The Morgan fingerprint density at radius 2 is 1.57 bits per heavy atom. The molecular weight excluding hydrogens is 348 g/mol. The molecule has 0 saturated heterocycles. The van der Waals surface area contributed by atoms with Crippen molar-refractivity contribution in [3.05, 3.63) is 102 Å². The molecule has 0 aliphatic heterocycles. The van der Waals surface area contributed by atoms with Crippen LogP contribution in [0.4, 0.5) is 11.4 Å². The summed E-state index contributed by atoms with van der Waals surface area (Å²) in [6.45, 7) is 0. The Bertz CT molecular complexity index is 1310. The summed E-state index contributed by atoms with van der Waals surface area (Å²) in [7, 11) is 0. The number of hydrogen-bond acceptors (Lipinski definition) is 4. The van der Waals surface area contributed by atoms with E-state index in [1.54, 1.807) is 6.26 Å². The van der Waals surface area contributed by atoms with Crippen LogP contribution in [0.25, 0.3) is 22.0 Å². The quantitative estimate of drug-likeness (QED) is 0.400. The molecule has 0 aliphatic rings. The third kappa shape index (κ3) is 2.81. The molecule has 2 aromatic heterocycles. The molecule has 28 heavy (non-hydrogen) atoms. The number of hydrogen-bond donors (Lipinski definition) is 1. The highest BCUT2D eigenvalue weighted by molar-refractivity contribution is 6.10. The largest absolute Gasteiger partial charge is 0.446 e. The third-order valence-corrected chi connectivity index (χ3v) is 4.74. The second kappa shape index (κ2) is 6.67. The van der Waals surface area contributed by atoms with Gasteiger partial charge in [-0.1, -0.05) is 60.7 Å². The van der Waals surface area contributed by atoms with Crippen LogP contribution in [0.3, 0.4) is 0 Å². The van der Waals surface area contributed by atoms with Crippen LogP contribution in [0.5, 0.6) is 0 Å². The number of nitrogens with one attached hydrogen (secondary N) is 1. The molecule has 2 heterocycles. The molecule has 134 valence electrons. The van der Waals surface area contributed by atoms with Gasteiger partial charge in [0.25, 0.3) is 0 Å². The predicted molar refractivity (Wildman–Crippen MR) is 111 cm³/mol. The van der Waals surface area contributed by atoms with Crippen molar-refractivity contribution in [2.24, 2.45) is 0 Å². The molecule has 0 unspecified atom stereocenters. The lowest BCUT2D eigenvalue weighted by molar-refractivity contribution is 0.103. The topological polar surface area (TPSA) is 55.1 Å². The predicted octanol–water partition coefficient (Wildman–Crippen LogP) is 5.96. The number of para-hydroxylation sites is 1. The number of ketones is 1. The zero-order valence-corrected chi connectivity index (χ0v) is 14.9. The van der Waals surface area contributed by atoms with Gasteiger partial charge in [0.15, 0.2) is 5.78 Å². The highest BCUT2D eigenvalue weighted by atomic mass is 16.3. The summed E-state index contributed by atoms with van der Waals surface area (Å²) in [5, 5.41) is 5.37. The summed E-state index contributed by atoms with van der Waals surface area (Å²) in [4.78, 5) is 17.3. The number of pyridine rings is 1. The highest BCUT2D eigenvalue weighted by Crippen LogP contribution is 2.33. The van der Waals surface area contributed by atoms with E-state index in [0.29, 0.717) is 16.8 Å². The summed E-state index contributed by atoms with van der Waals surface area (Å²) in [5.41, 5.74) is 4.49. The molecule has 1 N–H and O–H groups in total. The number of rotatable bonds is 4. The average molecular weight is 364 g/mol. The number of nitrogens with zero attached hydrogens (tertiary/aromatic N) is 1. The van der Waals surface area contributed by atoms with Gasteiger partial charge in [0.1, 0.15) is 0 Å². The van der Waals surface area contributed by atoms with Gasteiger partial charge in [-0.25, -0.2) is 4.98 Å². The fourth-order valence-electron chi connectivity index (χ4n) is 3.39. The lowest BCUT2D eigenvalue weighted by atomic mass is 10.0. The van der Waals surface area contributed by atoms with Gasteiger partial charge in [-0.05, 0) is 24.3 Å². The van der Waals surface area contributed by atoms with Crippen LogP contribution in [0.15, 0.2) is 95.6 Å². The number of benzene rings is 3. The van der Waals surface area contributed by atoms with Crippen molar-refractivity contribution in [2.45, 2.75) is 0 Å². The monoisotopic (exact) mass is 364 g/mol. The Balaban J connectivity index is 1.58. The summed E-state index contributed by atoms with van der Waals surface area (Å²) in [6, 6.07) is 26.6. The normalized spacial score (nSPS) is 11.0. The van der Waals surface area contributed by atoms with Crippen LogP contribution in [-0.4, -0.2) is 10.8 Å². The van der Waals surface area contributed by atoms with E-state index in [-0.39, 0.29) is 5.78 Å². The van der Waals surface area contributed by atoms with E-state index in [0.717, 1.165) is 27.7 Å². The van der Waals surface area contributed by atoms with Gasteiger partial charge in [-0.2, -0.15) is 0 Å². The standard InChI is InChI=1S/C24H16N2O2/c27-23(16-7-2-1-3-8-16)17-9-6-10-18(15-17)25-22-19-11-4-5-12-21(19)26-24-20(22)13-14-28-24/h1-15H,(H,25,26). The van der Waals surface area contributed by atoms with E-state index in [4.69, 9.17) is 4.42 Å². The molecule has 0 bridgehead atoms. The molecule has 4 heteroatoms. The summed E-state index contributed by atoms with van der Waals surface area (Å²) >= 11 is 0. The molecule has 5 aromatic rings. The van der Waals surface area contributed by atoms with E-state index >= 15 is 0 Å². The molecule has 0 aliphatic carbocycles. The number of furan rings is 1. The number of aromatic nitrogens is 1. The van der Waals surface area contributed by atoms with E-state index in [1.807, 2.05) is 84.9 Å². The van der Waals surface area contributed by atoms with Crippen LogP contribution in [0.2, 0.25) is 0 Å². The Kier molecular flexibility index (Phi) is 3.87. The maximum absolute atomic E-state index is 12.8. The second-order valence-electron chi connectivity index (χ2n) is 6.54. The number of carbonyl (C=O) groups excluding carboxylic acids is 1. The zero-order valence-electron chi connectivity index (χ0n) is 14.9. The van der Waals surface area contributed by atoms with Crippen molar-refractivity contribution in [3.63, 3.8) is 0 Å². The minimum absolute atomic E-state index is 0.00251. The van der Waals surface area contributed by atoms with Gasteiger partial charge >= 0.3 is 0 Å². The van der Waals surface area contributed by atoms with Crippen LogP contribution in [0, 0.1) is 0 Å². The first-order valence-electron chi connectivity index (χ1n) is 9.02. The fraction of sp³-hybridized carbons (Fsp3) is 0. The molecule has 0 amide bonds. The van der Waals surface area contributed by atoms with Gasteiger partial charge in [-0.3, -0.25) is 4.79 Å². The first-order valence-corrected chi connectivity index (χ1v) is 9.02. The van der Waals surface area contributed by atoms with Crippen molar-refractivity contribution in [1.29, 1.82) is 0 Å². The van der Waals surface area contributed by atoms with Crippen molar-refractivity contribution in [3.8, 4) is 0 Å². The van der Waals surface area contributed by atoms with Gasteiger partial charge in [-0.15, -0.1) is 0 Å². The van der Waals surface area contributed by atoms with Crippen LogP contribution >= 0.6 is 0 Å². The Morgan fingerprint density at radius 3 is 2.46 bits per heavy atom.